The summed E-state index contributed by atoms with van der Waals surface area (Å²) < 4.78 is 0. The van der Waals surface area contributed by atoms with Crippen LogP contribution in [-0.4, -0.2) is 32.3 Å². The van der Waals surface area contributed by atoms with E-state index >= 15 is 0 Å². The van der Waals surface area contributed by atoms with Gasteiger partial charge in [-0.15, -0.1) is 0 Å². The van der Waals surface area contributed by atoms with E-state index in [-0.39, 0.29) is 18.1 Å². The van der Waals surface area contributed by atoms with Crippen LogP contribution in [0, 0.1) is 6.92 Å². The van der Waals surface area contributed by atoms with Crippen molar-refractivity contribution < 1.29 is 15.0 Å². The zero-order valence-electron chi connectivity index (χ0n) is 11.3. The molecule has 0 aliphatic carbocycles. The van der Waals surface area contributed by atoms with Gasteiger partial charge in [0.05, 0.1) is 18.5 Å². The van der Waals surface area contributed by atoms with E-state index in [2.05, 4.69) is 20.5 Å². The fraction of sp³-hybridized carbons (Fsp3) is 0.143. The van der Waals surface area contributed by atoms with Crippen LogP contribution in [0.3, 0.4) is 0 Å². The number of aliphatic hydroxyl groups is 1. The molecule has 21 heavy (non-hydrogen) atoms. The molecule has 0 saturated heterocycles. The standard InChI is InChI=1S/C14H14N4O3/c1-9-13(20)11(10(8-19)6-16-9)7-17-18-14(21)12-4-2-3-5-15-12/h2-7,19-20H,8H2,1H3,(H,18,21). The van der Waals surface area contributed by atoms with E-state index in [0.29, 0.717) is 16.8 Å². The fourth-order valence-electron chi connectivity index (χ4n) is 1.63. The average Bonchev–Trinajstić information content (AvgIpc) is 2.52. The SMILES string of the molecule is Cc1ncc(CO)c(C=NNC(=O)c2ccccn2)c1O. The second-order valence-electron chi connectivity index (χ2n) is 4.20. The molecule has 0 aliphatic heterocycles. The molecule has 2 aromatic heterocycles. The predicted molar refractivity (Wildman–Crippen MR) is 75.9 cm³/mol. The normalized spacial score (nSPS) is 10.8. The largest absolute Gasteiger partial charge is 0.505 e. The zero-order chi connectivity index (χ0) is 15.2. The summed E-state index contributed by atoms with van der Waals surface area (Å²) in [4.78, 5) is 19.5. The molecule has 2 aromatic rings. The van der Waals surface area contributed by atoms with E-state index in [9.17, 15) is 15.0 Å². The van der Waals surface area contributed by atoms with Crippen LogP contribution in [0.1, 0.15) is 27.3 Å². The lowest BCUT2D eigenvalue weighted by Gasteiger charge is -2.06. The number of aliphatic hydroxyl groups excluding tert-OH is 1. The van der Waals surface area contributed by atoms with Gasteiger partial charge in [-0.3, -0.25) is 14.8 Å². The summed E-state index contributed by atoms with van der Waals surface area (Å²) >= 11 is 0. The summed E-state index contributed by atoms with van der Waals surface area (Å²) in [6, 6.07) is 4.94. The second kappa shape index (κ2) is 6.58. The third-order valence-corrected chi connectivity index (χ3v) is 2.79. The lowest BCUT2D eigenvalue weighted by atomic mass is 10.1. The maximum atomic E-state index is 11.7. The Hall–Kier alpha value is -2.80. The minimum absolute atomic E-state index is 0.0858. The van der Waals surface area contributed by atoms with Gasteiger partial charge >= 0.3 is 0 Å². The van der Waals surface area contributed by atoms with Gasteiger partial charge in [-0.05, 0) is 19.1 Å². The van der Waals surface area contributed by atoms with Gasteiger partial charge in [-0.2, -0.15) is 5.10 Å². The van der Waals surface area contributed by atoms with E-state index in [1.807, 2.05) is 0 Å². The average molecular weight is 286 g/mol. The molecular weight excluding hydrogens is 272 g/mol. The minimum Gasteiger partial charge on any atom is -0.505 e. The first-order valence-corrected chi connectivity index (χ1v) is 6.16. The highest BCUT2D eigenvalue weighted by molar-refractivity contribution is 5.93. The molecule has 0 saturated carbocycles. The molecule has 0 bridgehead atoms. The first kappa shape index (κ1) is 14.6. The van der Waals surface area contributed by atoms with Gasteiger partial charge < -0.3 is 10.2 Å². The number of carbonyl (C=O) groups is 1. The number of hydrogen-bond acceptors (Lipinski definition) is 6. The van der Waals surface area contributed by atoms with Crippen molar-refractivity contribution in [1.29, 1.82) is 0 Å². The topological polar surface area (TPSA) is 108 Å². The highest BCUT2D eigenvalue weighted by atomic mass is 16.3. The predicted octanol–water partition coefficient (Wildman–Crippen LogP) is 0.747. The number of nitrogens with one attached hydrogen (secondary N) is 1. The lowest BCUT2D eigenvalue weighted by molar-refractivity contribution is 0.0950. The summed E-state index contributed by atoms with van der Waals surface area (Å²) in [5, 5.41) is 22.9. The fourth-order valence-corrected chi connectivity index (χ4v) is 1.63. The Balaban J connectivity index is 2.15. The van der Waals surface area contributed by atoms with E-state index in [1.165, 1.54) is 18.6 Å². The van der Waals surface area contributed by atoms with Crippen molar-refractivity contribution >= 4 is 12.1 Å². The van der Waals surface area contributed by atoms with Crippen LogP contribution in [0.4, 0.5) is 0 Å². The second-order valence-corrected chi connectivity index (χ2v) is 4.20. The van der Waals surface area contributed by atoms with Crippen LogP contribution in [-0.2, 0) is 6.61 Å². The van der Waals surface area contributed by atoms with Crippen molar-refractivity contribution in [3.8, 4) is 5.75 Å². The highest BCUT2D eigenvalue weighted by Crippen LogP contribution is 2.21. The molecule has 0 radical (unpaired) electrons. The Morgan fingerprint density at radius 3 is 2.90 bits per heavy atom. The molecule has 0 unspecified atom stereocenters. The van der Waals surface area contributed by atoms with Crippen molar-refractivity contribution in [2.75, 3.05) is 0 Å². The molecule has 0 spiro atoms. The molecular formula is C14H14N4O3. The molecule has 1 amide bonds. The number of aryl methyl sites for hydroxylation is 1. The molecule has 2 heterocycles. The summed E-state index contributed by atoms with van der Waals surface area (Å²) in [5.41, 5.74) is 3.66. The number of rotatable bonds is 4. The first-order valence-electron chi connectivity index (χ1n) is 6.16. The van der Waals surface area contributed by atoms with Crippen LogP contribution in [0.15, 0.2) is 35.7 Å². The molecule has 0 atom stereocenters. The van der Waals surface area contributed by atoms with Crippen molar-refractivity contribution in [2.45, 2.75) is 13.5 Å². The van der Waals surface area contributed by atoms with E-state index in [1.54, 1.807) is 25.1 Å². The smallest absolute Gasteiger partial charge is 0.289 e. The summed E-state index contributed by atoms with van der Waals surface area (Å²) in [7, 11) is 0. The van der Waals surface area contributed by atoms with Gasteiger partial charge in [0.2, 0.25) is 0 Å². The Kier molecular flexibility index (Phi) is 4.57. The zero-order valence-corrected chi connectivity index (χ0v) is 11.3. The third kappa shape index (κ3) is 3.40. The van der Waals surface area contributed by atoms with Crippen molar-refractivity contribution in [3.63, 3.8) is 0 Å². The highest BCUT2D eigenvalue weighted by Gasteiger charge is 2.10. The molecule has 3 N–H and O–H groups in total. The number of carbonyl (C=O) groups excluding carboxylic acids is 1. The van der Waals surface area contributed by atoms with Crippen LogP contribution >= 0.6 is 0 Å². The number of pyridine rings is 2. The van der Waals surface area contributed by atoms with Gasteiger partial charge in [0.1, 0.15) is 11.4 Å². The quantitative estimate of drug-likeness (QED) is 0.567. The molecule has 2 rings (SSSR count). The number of nitrogens with zero attached hydrogens (tertiary/aromatic N) is 3. The number of aromatic hydroxyl groups is 1. The minimum atomic E-state index is -0.470. The molecule has 7 heteroatoms. The van der Waals surface area contributed by atoms with E-state index < -0.39 is 5.91 Å². The summed E-state index contributed by atoms with van der Waals surface area (Å²) in [6.07, 6.45) is 4.20. The van der Waals surface area contributed by atoms with Gasteiger partial charge in [0.25, 0.3) is 5.91 Å². The molecule has 0 fully saturated rings. The Bertz CT molecular complexity index is 671. The molecule has 0 aliphatic rings. The maximum absolute atomic E-state index is 11.7. The van der Waals surface area contributed by atoms with E-state index in [4.69, 9.17) is 0 Å². The van der Waals surface area contributed by atoms with E-state index in [0.717, 1.165) is 0 Å². The van der Waals surface area contributed by atoms with Gasteiger partial charge in [0, 0.05) is 23.5 Å². The van der Waals surface area contributed by atoms with Crippen molar-refractivity contribution in [1.82, 2.24) is 15.4 Å². The third-order valence-electron chi connectivity index (χ3n) is 2.79. The van der Waals surface area contributed by atoms with Crippen LogP contribution in [0.2, 0.25) is 0 Å². The Morgan fingerprint density at radius 1 is 1.43 bits per heavy atom. The molecule has 0 aromatic carbocycles. The number of hydrogen-bond donors (Lipinski definition) is 3. The van der Waals surface area contributed by atoms with Gasteiger partial charge in [0.15, 0.2) is 0 Å². The van der Waals surface area contributed by atoms with Crippen LogP contribution in [0.5, 0.6) is 5.75 Å². The molecule has 108 valence electrons. The van der Waals surface area contributed by atoms with Gasteiger partial charge in [-0.25, -0.2) is 5.43 Å². The van der Waals surface area contributed by atoms with Crippen molar-refractivity contribution in [2.24, 2.45) is 5.10 Å². The first-order chi connectivity index (χ1) is 10.1. The Morgan fingerprint density at radius 2 is 2.24 bits per heavy atom. The van der Waals surface area contributed by atoms with Crippen LogP contribution in [0.25, 0.3) is 0 Å². The van der Waals surface area contributed by atoms with Gasteiger partial charge in [-0.1, -0.05) is 6.07 Å². The Labute approximate surface area is 121 Å². The number of hydrazone groups is 1. The van der Waals surface area contributed by atoms with Crippen LogP contribution < -0.4 is 5.43 Å². The maximum Gasteiger partial charge on any atom is 0.289 e. The van der Waals surface area contributed by atoms with Crippen molar-refractivity contribution in [3.05, 3.63) is 53.1 Å². The number of amides is 1. The summed E-state index contributed by atoms with van der Waals surface area (Å²) in [5.74, 6) is -0.556. The monoisotopic (exact) mass is 286 g/mol. The number of aromatic nitrogens is 2. The lowest BCUT2D eigenvalue weighted by Crippen LogP contribution is -2.18. The molecule has 7 nitrogen and oxygen atoms in total. The summed E-state index contributed by atoms with van der Waals surface area (Å²) in [6.45, 7) is 1.33.